The lowest BCUT2D eigenvalue weighted by Crippen LogP contribution is -2.14. The van der Waals surface area contributed by atoms with E-state index in [1.807, 2.05) is 7.05 Å². The maximum Gasteiger partial charge on any atom is 0.134 e. The summed E-state index contributed by atoms with van der Waals surface area (Å²) in [6.45, 7) is 4.45. The zero-order valence-electron chi connectivity index (χ0n) is 8.95. The van der Waals surface area contributed by atoms with E-state index in [1.54, 1.807) is 11.3 Å². The van der Waals surface area contributed by atoms with E-state index in [4.69, 9.17) is 0 Å². The van der Waals surface area contributed by atoms with E-state index in [-0.39, 0.29) is 0 Å². The molecule has 1 heterocycles. The number of nitrogens with zero attached hydrogens (tertiary/aromatic N) is 2. The largest absolute Gasteiger partial charge is 0.311 e. The Bertz CT molecular complexity index is 306. The van der Waals surface area contributed by atoms with Gasteiger partial charge in [-0.2, -0.15) is 0 Å². The topological polar surface area (TPSA) is 37.8 Å². The van der Waals surface area contributed by atoms with Crippen LogP contribution in [0.4, 0.5) is 0 Å². The Balaban J connectivity index is 2.09. The first-order valence-electron chi connectivity index (χ1n) is 5.26. The minimum Gasteiger partial charge on any atom is -0.311 e. The average Bonchev–Trinajstić information content (AvgIpc) is 2.74. The van der Waals surface area contributed by atoms with Gasteiger partial charge in [-0.05, 0) is 25.8 Å². The summed E-state index contributed by atoms with van der Waals surface area (Å²) in [6, 6.07) is 0.385. The van der Waals surface area contributed by atoms with Crippen molar-refractivity contribution in [3.8, 4) is 0 Å². The molecule has 1 aromatic rings. The number of hydrogen-bond donors (Lipinski definition) is 1. The lowest BCUT2D eigenvalue weighted by atomic mass is 10.2. The monoisotopic (exact) mass is 211 g/mol. The number of aromatic nitrogens is 2. The van der Waals surface area contributed by atoms with Crippen molar-refractivity contribution in [1.29, 1.82) is 0 Å². The van der Waals surface area contributed by atoms with Crippen LogP contribution in [0.1, 0.15) is 48.7 Å². The van der Waals surface area contributed by atoms with E-state index < -0.39 is 0 Å². The van der Waals surface area contributed by atoms with Crippen molar-refractivity contribution in [1.82, 2.24) is 15.5 Å². The SMILES string of the molecule is CCC(NC)c1nnc(C2CC2C)s1. The van der Waals surface area contributed by atoms with Crippen LogP contribution in [0.25, 0.3) is 0 Å². The zero-order valence-corrected chi connectivity index (χ0v) is 9.77. The summed E-state index contributed by atoms with van der Waals surface area (Å²) < 4.78 is 0. The van der Waals surface area contributed by atoms with Crippen LogP contribution in [0.5, 0.6) is 0 Å². The van der Waals surface area contributed by atoms with Gasteiger partial charge in [-0.3, -0.25) is 0 Å². The molecule has 2 rings (SSSR count). The number of rotatable bonds is 4. The Morgan fingerprint density at radius 1 is 1.57 bits per heavy atom. The molecule has 0 spiro atoms. The van der Waals surface area contributed by atoms with Gasteiger partial charge in [-0.15, -0.1) is 10.2 Å². The molecule has 3 atom stereocenters. The van der Waals surface area contributed by atoms with E-state index in [0.717, 1.165) is 17.3 Å². The van der Waals surface area contributed by atoms with Gasteiger partial charge >= 0.3 is 0 Å². The minimum absolute atomic E-state index is 0.385. The Labute approximate surface area is 88.9 Å². The number of nitrogens with one attached hydrogen (secondary N) is 1. The van der Waals surface area contributed by atoms with Gasteiger partial charge in [0.2, 0.25) is 0 Å². The smallest absolute Gasteiger partial charge is 0.134 e. The van der Waals surface area contributed by atoms with Gasteiger partial charge in [0.1, 0.15) is 10.0 Å². The Kier molecular flexibility index (Phi) is 2.83. The van der Waals surface area contributed by atoms with Crippen molar-refractivity contribution in [3.63, 3.8) is 0 Å². The molecular weight excluding hydrogens is 194 g/mol. The van der Waals surface area contributed by atoms with Crippen LogP contribution in [-0.4, -0.2) is 17.2 Å². The van der Waals surface area contributed by atoms with Gasteiger partial charge in [0.15, 0.2) is 0 Å². The maximum absolute atomic E-state index is 4.27. The lowest BCUT2D eigenvalue weighted by Gasteiger charge is -2.07. The molecule has 1 aliphatic rings. The minimum atomic E-state index is 0.385. The molecule has 78 valence electrons. The van der Waals surface area contributed by atoms with E-state index in [9.17, 15) is 0 Å². The van der Waals surface area contributed by atoms with Crippen molar-refractivity contribution in [2.75, 3.05) is 7.05 Å². The van der Waals surface area contributed by atoms with Gasteiger partial charge in [0.25, 0.3) is 0 Å². The molecule has 0 bridgehead atoms. The molecule has 3 unspecified atom stereocenters. The standard InChI is InChI=1S/C10H17N3S/c1-4-8(11-3)10-13-12-9(14-10)7-5-6(7)2/h6-8,11H,4-5H2,1-3H3. The second-order valence-corrected chi connectivity index (χ2v) is 5.09. The van der Waals surface area contributed by atoms with Crippen LogP contribution in [0.2, 0.25) is 0 Å². The van der Waals surface area contributed by atoms with E-state index >= 15 is 0 Å². The fraction of sp³-hybridized carbons (Fsp3) is 0.800. The predicted molar refractivity (Wildman–Crippen MR) is 58.5 cm³/mol. The summed E-state index contributed by atoms with van der Waals surface area (Å²) in [5, 5.41) is 14.2. The normalized spacial score (nSPS) is 27.6. The molecule has 0 radical (unpaired) electrons. The van der Waals surface area contributed by atoms with Gasteiger partial charge < -0.3 is 5.32 Å². The molecule has 0 saturated heterocycles. The van der Waals surface area contributed by atoms with Gasteiger partial charge in [0.05, 0.1) is 6.04 Å². The molecule has 4 heteroatoms. The molecule has 0 aliphatic heterocycles. The number of hydrogen-bond acceptors (Lipinski definition) is 4. The highest BCUT2D eigenvalue weighted by atomic mass is 32.1. The Morgan fingerprint density at radius 3 is 2.79 bits per heavy atom. The first kappa shape index (κ1) is 10.1. The van der Waals surface area contributed by atoms with E-state index in [0.29, 0.717) is 12.0 Å². The lowest BCUT2D eigenvalue weighted by molar-refractivity contribution is 0.568. The average molecular weight is 211 g/mol. The summed E-state index contributed by atoms with van der Waals surface area (Å²) in [5.74, 6) is 1.53. The zero-order chi connectivity index (χ0) is 10.1. The second kappa shape index (κ2) is 3.95. The predicted octanol–water partition coefficient (Wildman–Crippen LogP) is 2.33. The summed E-state index contributed by atoms with van der Waals surface area (Å²) in [4.78, 5) is 0. The molecule has 14 heavy (non-hydrogen) atoms. The molecule has 0 amide bonds. The molecule has 1 aliphatic carbocycles. The summed E-state index contributed by atoms with van der Waals surface area (Å²) in [6.07, 6.45) is 2.37. The molecule has 1 saturated carbocycles. The van der Waals surface area contributed by atoms with Gasteiger partial charge in [0, 0.05) is 5.92 Å². The fourth-order valence-corrected chi connectivity index (χ4v) is 2.99. The third kappa shape index (κ3) is 1.81. The molecular formula is C10H17N3S. The van der Waals surface area contributed by atoms with E-state index in [2.05, 4.69) is 29.4 Å². The van der Waals surface area contributed by atoms with Crippen LogP contribution >= 0.6 is 11.3 Å². The maximum atomic E-state index is 4.27. The summed E-state index contributed by atoms with van der Waals surface area (Å²) in [5.41, 5.74) is 0. The molecule has 3 nitrogen and oxygen atoms in total. The van der Waals surface area contributed by atoms with Crippen LogP contribution in [0.3, 0.4) is 0 Å². The highest BCUT2D eigenvalue weighted by Crippen LogP contribution is 2.48. The summed E-state index contributed by atoms with van der Waals surface area (Å²) >= 11 is 1.78. The third-order valence-electron chi connectivity index (χ3n) is 2.94. The molecule has 1 aromatic heterocycles. The van der Waals surface area contributed by atoms with Gasteiger partial charge in [-0.25, -0.2) is 0 Å². The Hall–Kier alpha value is -0.480. The van der Waals surface area contributed by atoms with Crippen LogP contribution in [0.15, 0.2) is 0 Å². The van der Waals surface area contributed by atoms with E-state index in [1.165, 1.54) is 11.4 Å². The highest BCUT2D eigenvalue weighted by Gasteiger charge is 2.37. The van der Waals surface area contributed by atoms with Gasteiger partial charge in [-0.1, -0.05) is 25.2 Å². The van der Waals surface area contributed by atoms with Crippen molar-refractivity contribution in [3.05, 3.63) is 10.0 Å². The highest BCUT2D eigenvalue weighted by molar-refractivity contribution is 7.11. The van der Waals surface area contributed by atoms with Crippen molar-refractivity contribution in [2.45, 2.75) is 38.6 Å². The Morgan fingerprint density at radius 2 is 2.29 bits per heavy atom. The molecule has 0 aromatic carbocycles. The van der Waals surface area contributed by atoms with Crippen molar-refractivity contribution in [2.24, 2.45) is 5.92 Å². The second-order valence-electron chi connectivity index (χ2n) is 4.05. The van der Waals surface area contributed by atoms with Crippen LogP contribution < -0.4 is 5.32 Å². The van der Waals surface area contributed by atoms with Crippen LogP contribution in [0, 0.1) is 5.92 Å². The first-order chi connectivity index (χ1) is 6.76. The third-order valence-corrected chi connectivity index (χ3v) is 4.11. The fourth-order valence-electron chi connectivity index (χ4n) is 1.71. The van der Waals surface area contributed by atoms with Crippen molar-refractivity contribution >= 4 is 11.3 Å². The summed E-state index contributed by atoms with van der Waals surface area (Å²) in [7, 11) is 1.98. The van der Waals surface area contributed by atoms with Crippen molar-refractivity contribution < 1.29 is 0 Å². The quantitative estimate of drug-likeness (QED) is 0.830. The first-order valence-corrected chi connectivity index (χ1v) is 6.08. The molecule has 1 N–H and O–H groups in total. The van der Waals surface area contributed by atoms with Crippen LogP contribution in [-0.2, 0) is 0 Å². The molecule has 1 fully saturated rings.